The quantitative estimate of drug-likeness (QED) is 0.746. The highest BCUT2D eigenvalue weighted by atomic mass is 19.4. The molecule has 0 spiro atoms. The molecule has 10 heteroatoms. The van der Waals surface area contributed by atoms with Gasteiger partial charge in [0.1, 0.15) is 11.5 Å². The second-order valence-corrected chi connectivity index (χ2v) is 8.47. The van der Waals surface area contributed by atoms with Crippen molar-refractivity contribution in [3.8, 4) is 0 Å². The van der Waals surface area contributed by atoms with E-state index in [1.54, 1.807) is 17.0 Å². The number of hydrogen-bond donors (Lipinski definition) is 1. The van der Waals surface area contributed by atoms with Gasteiger partial charge in [-0.3, -0.25) is 4.79 Å². The topological polar surface area (TPSA) is 70.6 Å². The summed E-state index contributed by atoms with van der Waals surface area (Å²) < 4.78 is 43.5. The Morgan fingerprint density at radius 1 is 1.22 bits per heavy atom. The summed E-state index contributed by atoms with van der Waals surface area (Å²) >= 11 is 0. The smallest absolute Gasteiger partial charge is 0.375 e. The van der Waals surface area contributed by atoms with Gasteiger partial charge in [-0.05, 0) is 38.5 Å². The first-order valence-corrected chi connectivity index (χ1v) is 10.6. The minimum absolute atomic E-state index is 0.00180. The van der Waals surface area contributed by atoms with Crippen LogP contribution in [0.2, 0.25) is 0 Å². The van der Waals surface area contributed by atoms with Gasteiger partial charge in [0.05, 0.1) is 25.7 Å². The first-order chi connectivity index (χ1) is 15.1. The summed E-state index contributed by atoms with van der Waals surface area (Å²) in [7, 11) is 0. The van der Waals surface area contributed by atoms with Crippen molar-refractivity contribution in [2.24, 2.45) is 0 Å². The molecular weight excluding hydrogens is 423 g/mol. The van der Waals surface area contributed by atoms with Gasteiger partial charge in [0.15, 0.2) is 0 Å². The molecular formula is C22H26F3N5O2. The lowest BCUT2D eigenvalue weighted by molar-refractivity contribution is -0.127. The number of fused-ring (bicyclic) bond motifs is 1. The van der Waals surface area contributed by atoms with Crippen LogP contribution in [0, 0.1) is 0 Å². The maximum absolute atomic E-state index is 13.0. The van der Waals surface area contributed by atoms with E-state index in [4.69, 9.17) is 9.72 Å². The van der Waals surface area contributed by atoms with Crippen molar-refractivity contribution in [3.05, 3.63) is 41.1 Å². The molecule has 1 saturated heterocycles. The fourth-order valence-electron chi connectivity index (χ4n) is 3.91. The first-order valence-electron chi connectivity index (χ1n) is 10.6. The van der Waals surface area contributed by atoms with E-state index in [1.165, 1.54) is 12.1 Å². The Morgan fingerprint density at radius 3 is 2.56 bits per heavy atom. The van der Waals surface area contributed by atoms with Crippen LogP contribution in [0.15, 0.2) is 24.3 Å². The Kier molecular flexibility index (Phi) is 5.98. The number of rotatable bonds is 5. The van der Waals surface area contributed by atoms with E-state index in [0.29, 0.717) is 55.0 Å². The summed E-state index contributed by atoms with van der Waals surface area (Å²) in [6.45, 7) is 7.97. The number of nitrogens with zero attached hydrogens (tertiary/aromatic N) is 4. The van der Waals surface area contributed by atoms with Crippen LogP contribution in [0.1, 0.15) is 42.4 Å². The number of aromatic nitrogens is 2. The molecule has 2 aromatic rings. The lowest BCUT2D eigenvalue weighted by Gasteiger charge is -2.31. The number of benzene rings is 1. The van der Waals surface area contributed by atoms with Crippen molar-refractivity contribution in [3.63, 3.8) is 0 Å². The lowest BCUT2D eigenvalue weighted by atomic mass is 10.1. The van der Waals surface area contributed by atoms with Crippen LogP contribution in [0.4, 0.5) is 30.6 Å². The molecule has 3 heterocycles. The van der Waals surface area contributed by atoms with Crippen molar-refractivity contribution < 1.29 is 22.7 Å². The maximum atomic E-state index is 13.0. The predicted molar refractivity (Wildman–Crippen MR) is 114 cm³/mol. The van der Waals surface area contributed by atoms with Crippen molar-refractivity contribution in [1.29, 1.82) is 0 Å². The van der Waals surface area contributed by atoms with Crippen LogP contribution in [0.25, 0.3) is 0 Å². The second-order valence-electron chi connectivity index (χ2n) is 8.47. The highest BCUT2D eigenvalue weighted by Gasteiger charge is 2.35. The first kappa shape index (κ1) is 22.3. The normalized spacial score (nSPS) is 19.0. The Hall–Kier alpha value is -2.88. The molecule has 1 amide bonds. The Balaban J connectivity index is 1.66. The summed E-state index contributed by atoms with van der Waals surface area (Å²) in [6.07, 6.45) is -5.22. The molecule has 1 aromatic carbocycles. The van der Waals surface area contributed by atoms with Gasteiger partial charge in [-0.1, -0.05) is 12.1 Å². The number of carbonyl (C=O) groups is 1. The van der Waals surface area contributed by atoms with Gasteiger partial charge in [-0.25, -0.2) is 4.98 Å². The van der Waals surface area contributed by atoms with Gasteiger partial charge in [0, 0.05) is 30.4 Å². The van der Waals surface area contributed by atoms with Gasteiger partial charge in [-0.15, -0.1) is 0 Å². The third kappa shape index (κ3) is 4.79. The molecule has 2 aliphatic heterocycles. The molecule has 0 aliphatic carbocycles. The zero-order valence-electron chi connectivity index (χ0n) is 18.2. The fraction of sp³-hybridized carbons (Fsp3) is 0.500. The number of carbonyl (C=O) groups excluding carboxylic acids is 1. The molecule has 0 bridgehead atoms. The lowest BCUT2D eigenvalue weighted by Crippen LogP contribution is -2.42. The van der Waals surface area contributed by atoms with Crippen molar-refractivity contribution in [2.45, 2.75) is 52.1 Å². The summed E-state index contributed by atoms with van der Waals surface area (Å²) in [6, 6.07) is 6.05. The van der Waals surface area contributed by atoms with Gasteiger partial charge in [0.2, 0.25) is 5.95 Å². The number of morpholine rings is 1. The molecule has 2 aliphatic rings. The largest absolute Gasteiger partial charge is 0.393 e. The monoisotopic (exact) mass is 449 g/mol. The SMILES string of the molecule is CC(C)N1Cc2c(Nc3ccc(CC(F)(F)F)cc3)nc(N3CCO[C@H](C)C3)nc2C1=O. The predicted octanol–water partition coefficient (Wildman–Crippen LogP) is 3.91. The maximum Gasteiger partial charge on any atom is 0.393 e. The molecule has 172 valence electrons. The number of hydrogen-bond acceptors (Lipinski definition) is 6. The van der Waals surface area contributed by atoms with E-state index in [-0.39, 0.29) is 23.6 Å². The fourth-order valence-corrected chi connectivity index (χ4v) is 3.91. The Bertz CT molecular complexity index is 994. The molecule has 0 radical (unpaired) electrons. The minimum Gasteiger partial charge on any atom is -0.375 e. The molecule has 7 nitrogen and oxygen atoms in total. The van der Waals surface area contributed by atoms with Gasteiger partial charge >= 0.3 is 6.18 Å². The van der Waals surface area contributed by atoms with E-state index in [0.717, 1.165) is 0 Å². The van der Waals surface area contributed by atoms with Crippen LogP contribution < -0.4 is 10.2 Å². The molecule has 1 fully saturated rings. The van der Waals surface area contributed by atoms with E-state index >= 15 is 0 Å². The number of anilines is 3. The van der Waals surface area contributed by atoms with Crippen molar-refractivity contribution in [2.75, 3.05) is 29.9 Å². The Labute approximate surface area is 184 Å². The molecule has 4 rings (SSSR count). The summed E-state index contributed by atoms with van der Waals surface area (Å²) in [5, 5.41) is 3.20. The third-order valence-corrected chi connectivity index (χ3v) is 5.56. The van der Waals surface area contributed by atoms with Crippen molar-refractivity contribution in [1.82, 2.24) is 14.9 Å². The highest BCUT2D eigenvalue weighted by molar-refractivity contribution is 5.98. The average molecular weight is 449 g/mol. The molecule has 1 atom stereocenters. The van der Waals surface area contributed by atoms with Crippen LogP contribution in [0.3, 0.4) is 0 Å². The van der Waals surface area contributed by atoms with E-state index in [1.807, 2.05) is 25.7 Å². The number of halogens is 3. The zero-order valence-corrected chi connectivity index (χ0v) is 18.2. The number of alkyl halides is 3. The van der Waals surface area contributed by atoms with E-state index < -0.39 is 12.6 Å². The van der Waals surface area contributed by atoms with Gasteiger partial charge < -0.3 is 19.9 Å². The third-order valence-electron chi connectivity index (χ3n) is 5.56. The van der Waals surface area contributed by atoms with E-state index in [9.17, 15) is 18.0 Å². The summed E-state index contributed by atoms with van der Waals surface area (Å²) in [5.41, 5.74) is 1.82. The summed E-state index contributed by atoms with van der Waals surface area (Å²) in [5.74, 6) is 0.779. The molecule has 0 saturated carbocycles. The number of nitrogens with one attached hydrogen (secondary N) is 1. The van der Waals surface area contributed by atoms with Crippen molar-refractivity contribution >= 4 is 23.4 Å². The molecule has 0 unspecified atom stereocenters. The van der Waals surface area contributed by atoms with Crippen LogP contribution in [0.5, 0.6) is 0 Å². The van der Waals surface area contributed by atoms with E-state index in [2.05, 4.69) is 10.3 Å². The second kappa shape index (κ2) is 8.57. The molecule has 32 heavy (non-hydrogen) atoms. The number of ether oxygens (including phenoxy) is 1. The zero-order chi connectivity index (χ0) is 23.0. The molecule has 1 aromatic heterocycles. The van der Waals surface area contributed by atoms with Gasteiger partial charge in [-0.2, -0.15) is 18.2 Å². The van der Waals surface area contributed by atoms with Crippen LogP contribution in [-0.2, 0) is 17.7 Å². The van der Waals surface area contributed by atoms with Gasteiger partial charge in [0.25, 0.3) is 5.91 Å². The van der Waals surface area contributed by atoms with Crippen LogP contribution >= 0.6 is 0 Å². The molecule has 1 N–H and O–H groups in total. The van der Waals surface area contributed by atoms with Crippen LogP contribution in [-0.4, -0.2) is 58.8 Å². The minimum atomic E-state index is -4.26. The Morgan fingerprint density at radius 2 is 1.94 bits per heavy atom. The highest BCUT2D eigenvalue weighted by Crippen LogP contribution is 2.32. The standard InChI is InChI=1S/C22H26F3N5O2/c1-13(2)30-12-17-18(20(30)31)27-21(29-8-9-32-14(3)11-29)28-19(17)26-16-6-4-15(5-7-16)10-22(23,24)25/h4-7,13-14H,8-12H2,1-3H3,(H,26,27,28)/t14-/m1/s1. The average Bonchev–Trinajstić information content (AvgIpc) is 3.06. The number of amides is 1. The summed E-state index contributed by atoms with van der Waals surface area (Å²) in [4.78, 5) is 26.0.